The van der Waals surface area contributed by atoms with E-state index >= 15 is 0 Å². The molecule has 0 spiro atoms. The molecule has 4 nitrogen and oxygen atoms in total. The SMILES string of the molecule is Cc1ccc([C@@H](CNC(=O)c2ccc3c(c2)COC3)N(C)C)cc1. The molecule has 0 radical (unpaired) electrons. The van der Waals surface area contributed by atoms with Gasteiger partial charge in [0.2, 0.25) is 0 Å². The van der Waals surface area contributed by atoms with Crippen molar-refractivity contribution in [3.05, 3.63) is 70.3 Å². The van der Waals surface area contributed by atoms with Crippen molar-refractivity contribution < 1.29 is 9.53 Å². The molecule has 126 valence electrons. The highest BCUT2D eigenvalue weighted by Crippen LogP contribution is 2.21. The van der Waals surface area contributed by atoms with Gasteiger partial charge in [0.05, 0.1) is 19.3 Å². The van der Waals surface area contributed by atoms with Gasteiger partial charge in [-0.1, -0.05) is 35.9 Å². The molecule has 24 heavy (non-hydrogen) atoms. The van der Waals surface area contributed by atoms with E-state index in [0.29, 0.717) is 25.3 Å². The van der Waals surface area contributed by atoms with Gasteiger partial charge in [-0.25, -0.2) is 0 Å². The molecule has 0 saturated heterocycles. The Morgan fingerprint density at radius 1 is 1.12 bits per heavy atom. The van der Waals surface area contributed by atoms with Crippen LogP contribution in [0.3, 0.4) is 0 Å². The maximum absolute atomic E-state index is 12.5. The predicted octanol–water partition coefficient (Wildman–Crippen LogP) is 3.06. The summed E-state index contributed by atoms with van der Waals surface area (Å²) in [6.07, 6.45) is 0. The van der Waals surface area contributed by atoms with Crippen molar-refractivity contribution in [2.24, 2.45) is 0 Å². The second kappa shape index (κ2) is 7.16. The summed E-state index contributed by atoms with van der Waals surface area (Å²) in [6.45, 7) is 3.89. The molecule has 3 rings (SSSR count). The lowest BCUT2D eigenvalue weighted by atomic mass is 10.0. The number of carbonyl (C=O) groups excluding carboxylic acids is 1. The van der Waals surface area contributed by atoms with E-state index in [2.05, 4.69) is 41.4 Å². The van der Waals surface area contributed by atoms with Gasteiger partial charge in [0, 0.05) is 12.1 Å². The van der Waals surface area contributed by atoms with Crippen LogP contribution >= 0.6 is 0 Å². The monoisotopic (exact) mass is 324 g/mol. The molecule has 1 N–H and O–H groups in total. The van der Waals surface area contributed by atoms with Gasteiger partial charge in [0.25, 0.3) is 5.91 Å². The standard InChI is InChI=1S/C20H24N2O2/c1-14-4-6-15(7-5-14)19(22(2)3)11-21-20(23)16-8-9-17-12-24-13-18(17)10-16/h4-10,19H,11-13H2,1-3H3,(H,21,23)/t19-/m1/s1. The third-order valence-corrected chi connectivity index (χ3v) is 4.53. The summed E-state index contributed by atoms with van der Waals surface area (Å²) in [6, 6.07) is 14.4. The third kappa shape index (κ3) is 3.66. The van der Waals surface area contributed by atoms with Gasteiger partial charge in [-0.05, 0) is 49.8 Å². The lowest BCUT2D eigenvalue weighted by Crippen LogP contribution is -2.34. The van der Waals surface area contributed by atoms with Crippen molar-refractivity contribution in [2.45, 2.75) is 26.2 Å². The van der Waals surface area contributed by atoms with Crippen LogP contribution in [-0.2, 0) is 18.0 Å². The summed E-state index contributed by atoms with van der Waals surface area (Å²) >= 11 is 0. The van der Waals surface area contributed by atoms with Crippen LogP contribution in [-0.4, -0.2) is 31.4 Å². The average molecular weight is 324 g/mol. The van der Waals surface area contributed by atoms with Crippen molar-refractivity contribution in [1.29, 1.82) is 0 Å². The molecule has 0 bridgehead atoms. The molecule has 2 aromatic rings. The first-order chi connectivity index (χ1) is 11.5. The van der Waals surface area contributed by atoms with Gasteiger partial charge in [-0.2, -0.15) is 0 Å². The van der Waals surface area contributed by atoms with Gasteiger partial charge in [0.1, 0.15) is 0 Å². The van der Waals surface area contributed by atoms with E-state index in [1.807, 2.05) is 32.3 Å². The van der Waals surface area contributed by atoms with Gasteiger partial charge in [-0.3, -0.25) is 4.79 Å². The summed E-state index contributed by atoms with van der Waals surface area (Å²) in [4.78, 5) is 14.6. The van der Waals surface area contributed by atoms with Gasteiger partial charge >= 0.3 is 0 Å². The zero-order chi connectivity index (χ0) is 17.1. The second-order valence-corrected chi connectivity index (χ2v) is 6.58. The van der Waals surface area contributed by atoms with Gasteiger partial charge in [-0.15, -0.1) is 0 Å². The Bertz CT molecular complexity index is 723. The first-order valence-electron chi connectivity index (χ1n) is 8.25. The molecule has 1 atom stereocenters. The lowest BCUT2D eigenvalue weighted by molar-refractivity contribution is 0.0941. The van der Waals surface area contributed by atoms with Crippen LogP contribution in [0, 0.1) is 6.92 Å². The highest BCUT2D eigenvalue weighted by atomic mass is 16.5. The van der Waals surface area contributed by atoms with E-state index in [1.54, 1.807) is 0 Å². The van der Waals surface area contributed by atoms with Crippen LogP contribution in [0.5, 0.6) is 0 Å². The minimum absolute atomic E-state index is 0.0383. The molecule has 2 aromatic carbocycles. The average Bonchev–Trinajstić information content (AvgIpc) is 3.03. The Kier molecular flexibility index (Phi) is 4.97. The minimum atomic E-state index is -0.0383. The highest BCUT2D eigenvalue weighted by molar-refractivity contribution is 5.94. The number of likely N-dealkylation sites (N-methyl/N-ethyl adjacent to an activating group) is 1. The topological polar surface area (TPSA) is 41.6 Å². The highest BCUT2D eigenvalue weighted by Gasteiger charge is 2.17. The zero-order valence-corrected chi connectivity index (χ0v) is 14.5. The molecule has 1 amide bonds. The van der Waals surface area contributed by atoms with Gasteiger partial charge in [0.15, 0.2) is 0 Å². The Labute approximate surface area is 143 Å². The minimum Gasteiger partial charge on any atom is -0.372 e. The summed E-state index contributed by atoms with van der Waals surface area (Å²) in [5, 5.41) is 3.06. The number of rotatable bonds is 5. The molecule has 0 unspecified atom stereocenters. The number of nitrogens with one attached hydrogen (secondary N) is 1. The van der Waals surface area contributed by atoms with Crippen LogP contribution in [0.15, 0.2) is 42.5 Å². The fraction of sp³-hybridized carbons (Fsp3) is 0.350. The predicted molar refractivity (Wildman–Crippen MR) is 94.9 cm³/mol. The normalized spacial score (nSPS) is 14.5. The lowest BCUT2D eigenvalue weighted by Gasteiger charge is -2.25. The van der Waals surface area contributed by atoms with Crippen molar-refractivity contribution in [1.82, 2.24) is 10.2 Å². The Hall–Kier alpha value is -2.17. The number of ether oxygens (including phenoxy) is 1. The first kappa shape index (κ1) is 16.7. The Morgan fingerprint density at radius 2 is 1.83 bits per heavy atom. The van der Waals surface area contributed by atoms with Crippen molar-refractivity contribution in [3.8, 4) is 0 Å². The maximum atomic E-state index is 12.5. The second-order valence-electron chi connectivity index (χ2n) is 6.58. The van der Waals surface area contributed by atoms with E-state index in [4.69, 9.17) is 4.74 Å². The molecule has 4 heteroatoms. The number of aryl methyl sites for hydroxylation is 1. The molecular weight excluding hydrogens is 300 g/mol. The molecule has 1 heterocycles. The molecule has 0 fully saturated rings. The van der Waals surface area contributed by atoms with Crippen LogP contribution in [0.2, 0.25) is 0 Å². The number of carbonyl (C=O) groups is 1. The molecule has 0 saturated carbocycles. The van der Waals surface area contributed by atoms with E-state index < -0.39 is 0 Å². The maximum Gasteiger partial charge on any atom is 0.251 e. The van der Waals surface area contributed by atoms with Crippen LogP contribution in [0.25, 0.3) is 0 Å². The number of hydrogen-bond acceptors (Lipinski definition) is 3. The number of fused-ring (bicyclic) bond motifs is 1. The van der Waals surface area contributed by atoms with Crippen molar-refractivity contribution in [3.63, 3.8) is 0 Å². The molecule has 0 aromatic heterocycles. The van der Waals surface area contributed by atoms with Crippen LogP contribution in [0.4, 0.5) is 0 Å². The molecule has 1 aliphatic heterocycles. The van der Waals surface area contributed by atoms with Gasteiger partial charge < -0.3 is 15.0 Å². The van der Waals surface area contributed by atoms with E-state index in [9.17, 15) is 4.79 Å². The quantitative estimate of drug-likeness (QED) is 0.919. The summed E-state index contributed by atoms with van der Waals surface area (Å²) in [5.74, 6) is -0.0383. The number of amides is 1. The Balaban J connectivity index is 1.68. The fourth-order valence-electron chi connectivity index (χ4n) is 2.99. The number of hydrogen-bond donors (Lipinski definition) is 1. The van der Waals surface area contributed by atoms with Crippen LogP contribution in [0.1, 0.15) is 38.7 Å². The summed E-state index contributed by atoms with van der Waals surface area (Å²) < 4.78 is 5.41. The van der Waals surface area contributed by atoms with Crippen molar-refractivity contribution >= 4 is 5.91 Å². The largest absolute Gasteiger partial charge is 0.372 e. The number of nitrogens with zero attached hydrogens (tertiary/aromatic N) is 1. The summed E-state index contributed by atoms with van der Waals surface area (Å²) in [5.41, 5.74) is 5.43. The number of benzene rings is 2. The van der Waals surface area contributed by atoms with E-state index in [-0.39, 0.29) is 11.9 Å². The smallest absolute Gasteiger partial charge is 0.251 e. The van der Waals surface area contributed by atoms with Crippen LogP contribution < -0.4 is 5.32 Å². The first-order valence-corrected chi connectivity index (χ1v) is 8.25. The summed E-state index contributed by atoms with van der Waals surface area (Å²) in [7, 11) is 4.06. The molecule has 1 aliphatic rings. The van der Waals surface area contributed by atoms with E-state index in [1.165, 1.54) is 16.7 Å². The van der Waals surface area contributed by atoms with Crippen molar-refractivity contribution in [2.75, 3.05) is 20.6 Å². The van der Waals surface area contributed by atoms with E-state index in [0.717, 1.165) is 5.56 Å². The molecule has 0 aliphatic carbocycles. The third-order valence-electron chi connectivity index (χ3n) is 4.53. The Morgan fingerprint density at radius 3 is 2.54 bits per heavy atom. The fourth-order valence-corrected chi connectivity index (χ4v) is 2.99. The zero-order valence-electron chi connectivity index (χ0n) is 14.5. The molecular formula is C20H24N2O2.